The van der Waals surface area contributed by atoms with Gasteiger partial charge in [0.05, 0.1) is 41.9 Å². The molecule has 0 spiro atoms. The number of hydrogen-bond donors (Lipinski definition) is 0. The summed E-state index contributed by atoms with van der Waals surface area (Å²) >= 11 is 5.84. The van der Waals surface area contributed by atoms with Gasteiger partial charge in [-0.1, -0.05) is 11.6 Å². The molecule has 8 heteroatoms. The van der Waals surface area contributed by atoms with Crippen molar-refractivity contribution in [1.82, 2.24) is 19.7 Å². The Labute approximate surface area is 144 Å². The zero-order valence-corrected chi connectivity index (χ0v) is 14.5. The van der Waals surface area contributed by atoms with Gasteiger partial charge >= 0.3 is 6.09 Å². The normalized spacial score (nSPS) is 14.5. The Bertz CT molecular complexity index is 785. The van der Waals surface area contributed by atoms with Crippen LogP contribution in [0, 0.1) is 5.82 Å². The minimum Gasteiger partial charge on any atom is -0.444 e. The van der Waals surface area contributed by atoms with Crippen LogP contribution in [0.1, 0.15) is 26.5 Å². The summed E-state index contributed by atoms with van der Waals surface area (Å²) in [5, 5.41) is 4.31. The second-order valence-electron chi connectivity index (χ2n) is 6.61. The topological polar surface area (TPSA) is 60.2 Å². The zero-order chi connectivity index (χ0) is 17.5. The molecule has 24 heavy (non-hydrogen) atoms. The molecule has 0 atom stereocenters. The van der Waals surface area contributed by atoms with Crippen LogP contribution in [-0.2, 0) is 17.8 Å². The second-order valence-corrected chi connectivity index (χ2v) is 7.02. The van der Waals surface area contributed by atoms with Crippen molar-refractivity contribution in [1.29, 1.82) is 0 Å². The van der Waals surface area contributed by atoms with E-state index in [1.807, 2.05) is 25.5 Å². The molecule has 3 rings (SSSR count). The van der Waals surface area contributed by atoms with Crippen LogP contribution in [0.4, 0.5) is 9.18 Å². The lowest BCUT2D eigenvalue weighted by Gasteiger charge is -2.30. The second kappa shape index (κ2) is 6.05. The molecular formula is C16H18ClFN4O2. The summed E-state index contributed by atoms with van der Waals surface area (Å²) in [6.45, 7) is 6.91. The first kappa shape index (κ1) is 16.7. The van der Waals surface area contributed by atoms with Crippen molar-refractivity contribution >= 4 is 17.7 Å². The summed E-state index contributed by atoms with van der Waals surface area (Å²) in [6.07, 6.45) is 2.37. The SMILES string of the molecule is CC(C)(C)OC(=O)N1CCn2ncc(-c3cc(Cl)c(F)cn3)c2C1. The smallest absolute Gasteiger partial charge is 0.410 e. The molecule has 0 saturated heterocycles. The van der Waals surface area contributed by atoms with E-state index < -0.39 is 11.4 Å². The maximum atomic E-state index is 13.3. The van der Waals surface area contributed by atoms with E-state index in [2.05, 4.69) is 10.1 Å². The van der Waals surface area contributed by atoms with Crippen LogP contribution >= 0.6 is 11.6 Å². The quantitative estimate of drug-likeness (QED) is 0.788. The molecule has 0 radical (unpaired) electrons. The van der Waals surface area contributed by atoms with Crippen molar-refractivity contribution in [2.24, 2.45) is 0 Å². The molecule has 1 aliphatic heterocycles. The number of aromatic nitrogens is 3. The van der Waals surface area contributed by atoms with Crippen molar-refractivity contribution in [3.05, 3.63) is 35.0 Å². The van der Waals surface area contributed by atoms with Crippen molar-refractivity contribution in [2.75, 3.05) is 6.54 Å². The van der Waals surface area contributed by atoms with E-state index in [-0.39, 0.29) is 11.1 Å². The summed E-state index contributed by atoms with van der Waals surface area (Å²) in [6, 6.07) is 1.46. The van der Waals surface area contributed by atoms with Gasteiger partial charge in [-0.25, -0.2) is 9.18 Å². The average molecular weight is 353 g/mol. The van der Waals surface area contributed by atoms with Crippen LogP contribution in [0.5, 0.6) is 0 Å². The first-order valence-corrected chi connectivity index (χ1v) is 7.96. The fourth-order valence-corrected chi connectivity index (χ4v) is 2.66. The fraction of sp³-hybridized carbons (Fsp3) is 0.438. The van der Waals surface area contributed by atoms with E-state index in [1.165, 1.54) is 6.07 Å². The van der Waals surface area contributed by atoms with E-state index in [9.17, 15) is 9.18 Å². The predicted octanol–water partition coefficient (Wildman–Crippen LogP) is 3.49. The molecule has 0 bridgehead atoms. The molecule has 1 amide bonds. The van der Waals surface area contributed by atoms with Crippen molar-refractivity contribution in [3.63, 3.8) is 0 Å². The highest BCUT2D eigenvalue weighted by molar-refractivity contribution is 6.30. The lowest BCUT2D eigenvalue weighted by Crippen LogP contribution is -2.41. The monoisotopic (exact) mass is 352 g/mol. The minimum absolute atomic E-state index is 0.000224. The molecule has 2 aromatic heterocycles. The minimum atomic E-state index is -0.572. The van der Waals surface area contributed by atoms with Gasteiger partial charge in [0.25, 0.3) is 0 Å². The lowest BCUT2D eigenvalue weighted by molar-refractivity contribution is 0.0195. The molecule has 128 valence electrons. The highest BCUT2D eigenvalue weighted by atomic mass is 35.5. The van der Waals surface area contributed by atoms with E-state index in [4.69, 9.17) is 16.3 Å². The van der Waals surface area contributed by atoms with Gasteiger partial charge in [0.15, 0.2) is 5.82 Å². The summed E-state index contributed by atoms with van der Waals surface area (Å²) in [7, 11) is 0. The van der Waals surface area contributed by atoms with Crippen LogP contribution < -0.4 is 0 Å². The first-order valence-electron chi connectivity index (χ1n) is 7.58. The molecule has 1 aliphatic rings. The number of carbonyl (C=O) groups is 1. The number of pyridine rings is 1. The molecule has 6 nitrogen and oxygen atoms in total. The molecule has 0 unspecified atom stereocenters. The number of halogens is 2. The number of nitrogens with zero attached hydrogens (tertiary/aromatic N) is 4. The van der Waals surface area contributed by atoms with Gasteiger partial charge < -0.3 is 9.64 Å². The van der Waals surface area contributed by atoms with Gasteiger partial charge in [0.2, 0.25) is 0 Å². The maximum Gasteiger partial charge on any atom is 0.410 e. The highest BCUT2D eigenvalue weighted by Crippen LogP contribution is 2.28. The number of fused-ring (bicyclic) bond motifs is 1. The summed E-state index contributed by atoms with van der Waals surface area (Å²) in [5.74, 6) is -0.572. The number of rotatable bonds is 1. The first-order chi connectivity index (χ1) is 11.2. The van der Waals surface area contributed by atoms with Crippen LogP contribution in [0.25, 0.3) is 11.3 Å². The lowest BCUT2D eigenvalue weighted by atomic mass is 10.1. The number of amides is 1. The van der Waals surface area contributed by atoms with Gasteiger partial charge in [-0.05, 0) is 26.8 Å². The average Bonchev–Trinajstić information content (AvgIpc) is 2.91. The standard InChI is InChI=1S/C16H18ClFN4O2/c1-16(2,3)24-15(23)21-4-5-22-14(9-21)10(7-20-22)13-6-11(17)12(18)8-19-13/h6-8H,4-5,9H2,1-3H3. The third kappa shape index (κ3) is 3.36. The molecule has 2 aromatic rings. The Hall–Kier alpha value is -2.15. The predicted molar refractivity (Wildman–Crippen MR) is 87.1 cm³/mol. The van der Waals surface area contributed by atoms with Crippen LogP contribution in [0.15, 0.2) is 18.5 Å². The number of hydrogen-bond acceptors (Lipinski definition) is 4. The Kier molecular flexibility index (Phi) is 4.21. The molecular weight excluding hydrogens is 335 g/mol. The Morgan fingerprint density at radius 1 is 1.33 bits per heavy atom. The third-order valence-electron chi connectivity index (χ3n) is 3.61. The van der Waals surface area contributed by atoms with Gasteiger partial charge in [-0.15, -0.1) is 0 Å². The Balaban J connectivity index is 1.87. The van der Waals surface area contributed by atoms with Gasteiger partial charge in [0, 0.05) is 12.1 Å². The number of carbonyl (C=O) groups excluding carboxylic acids is 1. The van der Waals surface area contributed by atoms with Gasteiger partial charge in [-0.3, -0.25) is 9.67 Å². The summed E-state index contributed by atoms with van der Waals surface area (Å²) in [5.41, 5.74) is 1.52. The fourth-order valence-electron chi connectivity index (χ4n) is 2.50. The summed E-state index contributed by atoms with van der Waals surface area (Å²) < 4.78 is 20.6. The van der Waals surface area contributed by atoms with E-state index in [1.54, 1.807) is 11.1 Å². The zero-order valence-electron chi connectivity index (χ0n) is 13.7. The van der Waals surface area contributed by atoms with E-state index in [0.717, 1.165) is 17.5 Å². The van der Waals surface area contributed by atoms with Crippen LogP contribution in [0.3, 0.4) is 0 Å². The van der Waals surface area contributed by atoms with Crippen molar-refractivity contribution < 1.29 is 13.9 Å². The molecule has 0 aromatic carbocycles. The van der Waals surface area contributed by atoms with E-state index >= 15 is 0 Å². The Morgan fingerprint density at radius 2 is 2.08 bits per heavy atom. The molecule has 0 aliphatic carbocycles. The summed E-state index contributed by atoms with van der Waals surface area (Å²) in [4.78, 5) is 18.0. The van der Waals surface area contributed by atoms with Crippen molar-refractivity contribution in [2.45, 2.75) is 39.5 Å². The third-order valence-corrected chi connectivity index (χ3v) is 3.90. The van der Waals surface area contributed by atoms with E-state index in [0.29, 0.717) is 25.3 Å². The van der Waals surface area contributed by atoms with Crippen LogP contribution in [-0.4, -0.2) is 37.9 Å². The molecule has 0 N–H and O–H groups in total. The molecule has 0 fully saturated rings. The van der Waals surface area contributed by atoms with Crippen molar-refractivity contribution in [3.8, 4) is 11.3 Å². The van der Waals surface area contributed by atoms with Crippen LogP contribution in [0.2, 0.25) is 5.02 Å². The largest absolute Gasteiger partial charge is 0.444 e. The molecule has 0 saturated carbocycles. The van der Waals surface area contributed by atoms with Gasteiger partial charge in [-0.2, -0.15) is 5.10 Å². The Morgan fingerprint density at radius 3 is 2.75 bits per heavy atom. The van der Waals surface area contributed by atoms with Gasteiger partial charge in [0.1, 0.15) is 5.60 Å². The molecule has 3 heterocycles. The maximum absolute atomic E-state index is 13.3. The highest BCUT2D eigenvalue weighted by Gasteiger charge is 2.28. The number of ether oxygens (including phenoxy) is 1.